The molecule has 1 heterocycles. The molecule has 1 aromatic rings. The lowest BCUT2D eigenvalue weighted by Gasteiger charge is -2.47. The first-order chi connectivity index (χ1) is 16.1. The summed E-state index contributed by atoms with van der Waals surface area (Å²) in [6, 6.07) is 3.67. The van der Waals surface area contributed by atoms with Crippen LogP contribution in [0, 0.1) is 11.8 Å². The molecule has 9 nitrogen and oxygen atoms in total. The third-order valence-corrected chi connectivity index (χ3v) is 8.12. The molecule has 0 radical (unpaired) electrons. The van der Waals surface area contributed by atoms with Crippen molar-refractivity contribution in [3.63, 3.8) is 0 Å². The summed E-state index contributed by atoms with van der Waals surface area (Å²) >= 11 is 0. The molecule has 2 fully saturated rings. The van der Waals surface area contributed by atoms with Crippen molar-refractivity contribution >= 4 is 28.9 Å². The SMILES string of the molecule is C[C@H]1c2ccc(N3CCCCC3)c(O)c2C(O)=C2C(=O)[C@]3(O)C(O)=C(C(N)=O)C(=O)C[C@@H]3C[C@@H]21. The lowest BCUT2D eigenvalue weighted by atomic mass is 9.57. The molecular formula is C25H28N2O7. The van der Waals surface area contributed by atoms with E-state index in [-0.39, 0.29) is 35.6 Å². The van der Waals surface area contributed by atoms with Gasteiger partial charge in [0, 0.05) is 31.0 Å². The van der Waals surface area contributed by atoms with Gasteiger partial charge < -0.3 is 31.1 Å². The Morgan fingerprint density at radius 1 is 1.12 bits per heavy atom. The Hall–Kier alpha value is -3.33. The van der Waals surface area contributed by atoms with Gasteiger partial charge in [0.1, 0.15) is 22.8 Å². The van der Waals surface area contributed by atoms with Gasteiger partial charge in [0.2, 0.25) is 5.78 Å². The van der Waals surface area contributed by atoms with Crippen molar-refractivity contribution in [2.45, 2.75) is 50.5 Å². The summed E-state index contributed by atoms with van der Waals surface area (Å²) in [5.74, 6) is -6.39. The Labute approximate surface area is 196 Å². The quantitative estimate of drug-likeness (QED) is 0.412. The van der Waals surface area contributed by atoms with E-state index in [0.717, 1.165) is 32.4 Å². The molecule has 1 amide bonds. The highest BCUT2D eigenvalue weighted by Gasteiger charge is 2.61. The number of hydrogen-bond donors (Lipinski definition) is 5. The highest BCUT2D eigenvalue weighted by molar-refractivity contribution is 6.22. The number of carbonyl (C=O) groups excluding carboxylic acids is 3. The number of ketones is 2. The topological polar surface area (TPSA) is 161 Å². The van der Waals surface area contributed by atoms with E-state index in [9.17, 15) is 34.8 Å². The van der Waals surface area contributed by atoms with Gasteiger partial charge in [0.05, 0.1) is 11.3 Å². The first kappa shape index (κ1) is 22.5. The number of nitrogens with two attached hydrogens (primary N) is 1. The van der Waals surface area contributed by atoms with Crippen molar-refractivity contribution < 1.29 is 34.8 Å². The minimum absolute atomic E-state index is 0.116. The number of nitrogens with zero attached hydrogens (tertiary/aromatic N) is 1. The van der Waals surface area contributed by atoms with E-state index in [2.05, 4.69) is 0 Å². The second kappa shape index (κ2) is 7.59. The molecule has 1 aliphatic heterocycles. The summed E-state index contributed by atoms with van der Waals surface area (Å²) in [5.41, 5.74) is 3.16. The Balaban J connectivity index is 1.67. The summed E-state index contributed by atoms with van der Waals surface area (Å²) in [6.07, 6.45) is 2.88. The van der Waals surface area contributed by atoms with Gasteiger partial charge >= 0.3 is 0 Å². The molecular weight excluding hydrogens is 440 g/mol. The van der Waals surface area contributed by atoms with E-state index >= 15 is 0 Å². The van der Waals surface area contributed by atoms with E-state index in [1.54, 1.807) is 0 Å². The fourth-order valence-electron chi connectivity index (χ4n) is 6.29. The molecule has 9 heteroatoms. The maximum absolute atomic E-state index is 13.6. The average molecular weight is 469 g/mol. The third kappa shape index (κ3) is 2.86. The number of aliphatic hydroxyl groups is 3. The number of hydrogen-bond acceptors (Lipinski definition) is 8. The van der Waals surface area contributed by atoms with Gasteiger partial charge in [0.15, 0.2) is 11.4 Å². The van der Waals surface area contributed by atoms with E-state index in [0.29, 0.717) is 11.3 Å². The predicted octanol–water partition coefficient (Wildman–Crippen LogP) is 1.98. The fraction of sp³-hybridized carbons (Fsp3) is 0.480. The maximum atomic E-state index is 13.6. The number of aliphatic hydroxyl groups excluding tert-OH is 2. The van der Waals surface area contributed by atoms with Crippen molar-refractivity contribution in [2.24, 2.45) is 17.6 Å². The van der Waals surface area contributed by atoms with Gasteiger partial charge in [-0.15, -0.1) is 0 Å². The zero-order valence-corrected chi connectivity index (χ0v) is 18.9. The van der Waals surface area contributed by atoms with Gasteiger partial charge in [-0.3, -0.25) is 14.4 Å². The Bertz CT molecular complexity index is 1190. The number of phenolic OH excluding ortho intramolecular Hbond substituents is 1. The summed E-state index contributed by atoms with van der Waals surface area (Å²) in [7, 11) is 0. The zero-order valence-electron chi connectivity index (χ0n) is 18.9. The smallest absolute Gasteiger partial charge is 0.255 e. The van der Waals surface area contributed by atoms with Gasteiger partial charge in [-0.2, -0.15) is 0 Å². The number of carbonyl (C=O) groups is 3. The van der Waals surface area contributed by atoms with Crippen molar-refractivity contribution in [1.82, 2.24) is 0 Å². The van der Waals surface area contributed by atoms with Crippen LogP contribution in [0.1, 0.15) is 56.1 Å². The number of rotatable bonds is 2. The number of primary amides is 1. The van der Waals surface area contributed by atoms with Crippen molar-refractivity contribution in [3.05, 3.63) is 40.2 Å². The number of Topliss-reactive ketones (excluding diaryl/α,β-unsaturated/α-hetero) is 2. The molecule has 0 bridgehead atoms. The van der Waals surface area contributed by atoms with Crippen LogP contribution in [-0.2, 0) is 14.4 Å². The van der Waals surface area contributed by atoms with Crippen LogP contribution in [0.15, 0.2) is 29.0 Å². The van der Waals surface area contributed by atoms with Gasteiger partial charge in [-0.25, -0.2) is 0 Å². The third-order valence-electron chi connectivity index (χ3n) is 8.12. The molecule has 0 aromatic heterocycles. The molecule has 34 heavy (non-hydrogen) atoms. The van der Waals surface area contributed by atoms with E-state index < -0.39 is 52.0 Å². The van der Waals surface area contributed by atoms with Crippen LogP contribution in [0.3, 0.4) is 0 Å². The van der Waals surface area contributed by atoms with Gasteiger partial charge in [-0.05, 0) is 49.1 Å². The highest BCUT2D eigenvalue weighted by atomic mass is 16.3. The number of fused-ring (bicyclic) bond motifs is 3. The van der Waals surface area contributed by atoms with Crippen LogP contribution < -0.4 is 10.6 Å². The molecule has 5 rings (SSSR count). The van der Waals surface area contributed by atoms with Crippen LogP contribution >= 0.6 is 0 Å². The summed E-state index contributed by atoms with van der Waals surface area (Å²) < 4.78 is 0. The van der Waals surface area contributed by atoms with Crippen LogP contribution in [-0.4, -0.2) is 56.6 Å². The van der Waals surface area contributed by atoms with Gasteiger partial charge in [0.25, 0.3) is 5.91 Å². The first-order valence-electron chi connectivity index (χ1n) is 11.7. The molecule has 1 saturated carbocycles. The van der Waals surface area contributed by atoms with E-state index in [1.807, 2.05) is 24.0 Å². The van der Waals surface area contributed by atoms with Crippen molar-refractivity contribution in [3.8, 4) is 5.75 Å². The van der Waals surface area contributed by atoms with E-state index in [1.165, 1.54) is 0 Å². The van der Waals surface area contributed by atoms with Crippen LogP contribution in [0.2, 0.25) is 0 Å². The number of aromatic hydroxyl groups is 1. The molecule has 1 aromatic carbocycles. The number of phenols is 1. The lowest BCUT2D eigenvalue weighted by Crippen LogP contribution is -2.58. The Morgan fingerprint density at radius 2 is 1.79 bits per heavy atom. The maximum Gasteiger partial charge on any atom is 0.255 e. The zero-order chi connectivity index (χ0) is 24.5. The molecule has 6 N–H and O–H groups in total. The summed E-state index contributed by atoms with van der Waals surface area (Å²) in [4.78, 5) is 39.9. The van der Waals surface area contributed by atoms with Crippen molar-refractivity contribution in [2.75, 3.05) is 18.0 Å². The monoisotopic (exact) mass is 468 g/mol. The Morgan fingerprint density at radius 3 is 2.44 bits per heavy atom. The summed E-state index contributed by atoms with van der Waals surface area (Å²) in [6.45, 7) is 3.40. The number of benzene rings is 1. The first-order valence-corrected chi connectivity index (χ1v) is 11.7. The van der Waals surface area contributed by atoms with Gasteiger partial charge in [-0.1, -0.05) is 13.0 Å². The van der Waals surface area contributed by atoms with Crippen molar-refractivity contribution in [1.29, 1.82) is 0 Å². The molecule has 4 aliphatic rings. The predicted molar refractivity (Wildman–Crippen MR) is 122 cm³/mol. The van der Waals surface area contributed by atoms with Crippen LogP contribution in [0.4, 0.5) is 5.69 Å². The van der Waals surface area contributed by atoms with E-state index in [4.69, 9.17) is 5.73 Å². The number of amides is 1. The largest absolute Gasteiger partial charge is 0.508 e. The molecule has 3 aliphatic carbocycles. The highest BCUT2D eigenvalue weighted by Crippen LogP contribution is 2.56. The number of piperidine rings is 1. The molecule has 1 saturated heterocycles. The molecule has 180 valence electrons. The Kier molecular flexibility index (Phi) is 5.02. The second-order valence-corrected chi connectivity index (χ2v) is 9.85. The van der Waals surface area contributed by atoms with Crippen LogP contribution in [0.25, 0.3) is 5.76 Å². The molecule has 0 unspecified atom stereocenters. The number of anilines is 1. The normalized spacial score (nSPS) is 31.2. The average Bonchev–Trinajstić information content (AvgIpc) is 2.79. The van der Waals surface area contributed by atoms with Crippen LogP contribution in [0.5, 0.6) is 5.75 Å². The minimum Gasteiger partial charge on any atom is -0.508 e. The second-order valence-electron chi connectivity index (χ2n) is 9.85. The lowest BCUT2D eigenvalue weighted by molar-refractivity contribution is -0.148. The molecule has 4 atom stereocenters. The fourth-order valence-corrected chi connectivity index (χ4v) is 6.29. The minimum atomic E-state index is -2.55. The standard InChI is InChI=1S/C25H28N2O7/c1-11-13-5-6-15(27-7-3-2-4-8-27)20(29)17(13)21(30)18-14(11)9-12-10-16(28)19(24(26)33)23(32)25(12,34)22(18)31/h5-6,11-12,14,29-30,32,34H,2-4,7-10H2,1H3,(H2,26,33)/t11-,12-,14+,25-/m0/s1. The molecule has 0 spiro atoms. The summed E-state index contributed by atoms with van der Waals surface area (Å²) in [5, 5.41) is 44.5.